The molecule has 0 bridgehead atoms. The summed E-state index contributed by atoms with van der Waals surface area (Å²) in [4.78, 5) is 24.1. The molecule has 0 fully saturated rings. The Labute approximate surface area is 114 Å². The van der Waals surface area contributed by atoms with Crippen molar-refractivity contribution in [2.24, 2.45) is 0 Å². The highest BCUT2D eigenvalue weighted by molar-refractivity contribution is 9.10. The van der Waals surface area contributed by atoms with Gasteiger partial charge in [-0.15, -0.1) is 0 Å². The molecule has 19 heavy (non-hydrogen) atoms. The minimum absolute atomic E-state index is 0.138. The number of amides is 1. The number of nitrogens with zero attached hydrogens (tertiary/aromatic N) is 1. The van der Waals surface area contributed by atoms with Crippen LogP contribution >= 0.6 is 15.9 Å². The van der Waals surface area contributed by atoms with Gasteiger partial charge in [0.05, 0.1) is 4.92 Å². The Morgan fingerprint density at radius 1 is 1.42 bits per heavy atom. The molecule has 0 aliphatic rings. The highest BCUT2D eigenvalue weighted by Gasteiger charge is 2.15. The van der Waals surface area contributed by atoms with Crippen LogP contribution in [0.5, 0.6) is 0 Å². The Kier molecular flexibility index (Phi) is 3.61. The summed E-state index contributed by atoms with van der Waals surface area (Å²) in [5, 5.41) is 12.9. The molecule has 98 valence electrons. The fraction of sp³-hybridized carbons (Fsp3) is 0. The minimum atomic E-state index is -1.00. The molecule has 2 aromatic rings. The number of nitrogens with one attached hydrogen (secondary N) is 2. The number of aromatic nitrogens is 1. The van der Waals surface area contributed by atoms with E-state index in [1.807, 2.05) is 0 Å². The van der Waals surface area contributed by atoms with E-state index in [9.17, 15) is 19.3 Å². The van der Waals surface area contributed by atoms with Crippen LogP contribution in [-0.2, 0) is 0 Å². The fourth-order valence-electron chi connectivity index (χ4n) is 1.43. The van der Waals surface area contributed by atoms with E-state index in [1.54, 1.807) is 12.3 Å². The van der Waals surface area contributed by atoms with Crippen LogP contribution in [-0.4, -0.2) is 15.8 Å². The molecule has 0 atom stereocenters. The predicted octanol–water partition coefficient (Wildman–Crippen LogP) is 3.08. The lowest BCUT2D eigenvalue weighted by atomic mass is 10.2. The number of benzene rings is 1. The van der Waals surface area contributed by atoms with Crippen molar-refractivity contribution in [3.63, 3.8) is 0 Å². The first kappa shape index (κ1) is 13.2. The van der Waals surface area contributed by atoms with Gasteiger partial charge in [-0.25, -0.2) is 0 Å². The number of nitro groups is 1. The highest BCUT2D eigenvalue weighted by Crippen LogP contribution is 2.21. The Morgan fingerprint density at radius 3 is 2.68 bits per heavy atom. The molecule has 0 aliphatic heterocycles. The third-order valence-electron chi connectivity index (χ3n) is 2.29. The van der Waals surface area contributed by atoms with Gasteiger partial charge in [-0.2, -0.15) is 4.39 Å². The van der Waals surface area contributed by atoms with Gasteiger partial charge in [-0.05, 0) is 28.1 Å². The smallest absolute Gasteiger partial charge is 0.304 e. The molecule has 0 unspecified atom stereocenters. The van der Waals surface area contributed by atoms with E-state index in [-0.39, 0.29) is 11.4 Å². The monoisotopic (exact) mass is 327 g/mol. The summed E-state index contributed by atoms with van der Waals surface area (Å²) in [5.41, 5.74) is -0.218. The summed E-state index contributed by atoms with van der Waals surface area (Å²) in [6.45, 7) is 0. The average molecular weight is 328 g/mol. The van der Waals surface area contributed by atoms with Gasteiger partial charge in [0.25, 0.3) is 5.91 Å². The molecule has 1 amide bonds. The van der Waals surface area contributed by atoms with E-state index < -0.39 is 22.3 Å². The number of halogens is 2. The molecule has 6 nitrogen and oxygen atoms in total. The topological polar surface area (TPSA) is 88.0 Å². The van der Waals surface area contributed by atoms with Crippen LogP contribution < -0.4 is 5.32 Å². The lowest BCUT2D eigenvalue weighted by molar-refractivity contribution is -0.387. The molecule has 2 N–H and O–H groups in total. The molecular weight excluding hydrogens is 321 g/mol. The van der Waals surface area contributed by atoms with Crippen molar-refractivity contribution < 1.29 is 14.1 Å². The number of hydrogen-bond acceptors (Lipinski definition) is 3. The molecule has 0 spiro atoms. The van der Waals surface area contributed by atoms with Gasteiger partial charge in [-0.3, -0.25) is 14.9 Å². The standard InChI is InChI=1S/C11H7BrFN3O3/c12-6-3-9(14-5-6)11(17)15-7-1-2-10(16(18)19)8(13)4-7/h1-5,14H,(H,15,17). The van der Waals surface area contributed by atoms with Crippen LogP contribution in [0, 0.1) is 15.9 Å². The number of carbonyl (C=O) groups is 1. The van der Waals surface area contributed by atoms with Crippen LogP contribution in [0.25, 0.3) is 0 Å². The molecule has 0 aliphatic carbocycles. The van der Waals surface area contributed by atoms with Crippen molar-refractivity contribution in [2.75, 3.05) is 5.32 Å². The summed E-state index contributed by atoms with van der Waals surface area (Å²) >= 11 is 3.18. The number of rotatable bonds is 3. The van der Waals surface area contributed by atoms with Crippen molar-refractivity contribution >= 4 is 33.2 Å². The van der Waals surface area contributed by atoms with E-state index in [0.29, 0.717) is 4.47 Å². The van der Waals surface area contributed by atoms with Crippen molar-refractivity contribution in [1.29, 1.82) is 0 Å². The van der Waals surface area contributed by atoms with Crippen LogP contribution in [0.1, 0.15) is 10.5 Å². The molecular formula is C11H7BrFN3O3. The quantitative estimate of drug-likeness (QED) is 0.670. The first-order valence-corrected chi connectivity index (χ1v) is 5.86. The molecule has 1 aromatic heterocycles. The Bertz CT molecular complexity index is 656. The van der Waals surface area contributed by atoms with E-state index in [4.69, 9.17) is 0 Å². The van der Waals surface area contributed by atoms with Gasteiger partial charge >= 0.3 is 5.69 Å². The number of carbonyl (C=O) groups excluding carboxylic acids is 1. The lowest BCUT2D eigenvalue weighted by Gasteiger charge is -2.03. The second kappa shape index (κ2) is 5.19. The van der Waals surface area contributed by atoms with Crippen molar-refractivity contribution in [2.45, 2.75) is 0 Å². The SMILES string of the molecule is O=C(Nc1ccc([N+](=O)[O-])c(F)c1)c1cc(Br)c[nH]1. The molecule has 2 rings (SSSR count). The van der Waals surface area contributed by atoms with Gasteiger partial charge in [0.15, 0.2) is 0 Å². The van der Waals surface area contributed by atoms with Gasteiger partial charge in [0.2, 0.25) is 5.82 Å². The first-order valence-electron chi connectivity index (χ1n) is 5.06. The van der Waals surface area contributed by atoms with Crippen LogP contribution in [0.3, 0.4) is 0 Å². The summed E-state index contributed by atoms with van der Waals surface area (Å²) in [5.74, 6) is -1.48. The van der Waals surface area contributed by atoms with Gasteiger partial charge in [0.1, 0.15) is 5.69 Å². The van der Waals surface area contributed by atoms with Crippen molar-refractivity contribution in [1.82, 2.24) is 4.98 Å². The third-order valence-corrected chi connectivity index (χ3v) is 2.75. The maximum absolute atomic E-state index is 13.3. The maximum atomic E-state index is 13.3. The number of nitro benzene ring substituents is 1. The summed E-state index contributed by atoms with van der Waals surface area (Å²) in [6, 6.07) is 4.71. The molecule has 1 heterocycles. The van der Waals surface area contributed by atoms with Crippen molar-refractivity contribution in [3.05, 3.63) is 56.6 Å². The molecule has 0 saturated heterocycles. The fourth-order valence-corrected chi connectivity index (χ4v) is 1.77. The summed E-state index contributed by atoms with van der Waals surface area (Å²) in [7, 11) is 0. The number of aromatic amines is 1. The summed E-state index contributed by atoms with van der Waals surface area (Å²) in [6.07, 6.45) is 1.57. The van der Waals surface area contributed by atoms with Gasteiger partial charge < -0.3 is 10.3 Å². The van der Waals surface area contributed by atoms with Crippen molar-refractivity contribution in [3.8, 4) is 0 Å². The average Bonchev–Trinajstić information content (AvgIpc) is 2.75. The van der Waals surface area contributed by atoms with Crippen LogP contribution in [0.4, 0.5) is 15.8 Å². The number of H-pyrrole nitrogens is 1. The summed E-state index contributed by atoms with van der Waals surface area (Å²) < 4.78 is 14.1. The third kappa shape index (κ3) is 2.97. The van der Waals surface area contributed by atoms with Gasteiger partial charge in [0, 0.05) is 28.5 Å². The Hall–Kier alpha value is -2.22. The number of anilines is 1. The van der Waals surface area contributed by atoms with E-state index in [2.05, 4.69) is 26.2 Å². The lowest BCUT2D eigenvalue weighted by Crippen LogP contribution is -2.12. The van der Waals surface area contributed by atoms with E-state index in [1.165, 1.54) is 6.07 Å². The van der Waals surface area contributed by atoms with Crippen LogP contribution in [0.2, 0.25) is 0 Å². The largest absolute Gasteiger partial charge is 0.356 e. The van der Waals surface area contributed by atoms with Crippen LogP contribution in [0.15, 0.2) is 34.9 Å². The molecule has 8 heteroatoms. The first-order chi connectivity index (χ1) is 8.97. The zero-order valence-electron chi connectivity index (χ0n) is 9.31. The molecule has 1 aromatic carbocycles. The van der Waals surface area contributed by atoms with Gasteiger partial charge in [-0.1, -0.05) is 0 Å². The minimum Gasteiger partial charge on any atom is -0.356 e. The number of hydrogen-bond donors (Lipinski definition) is 2. The maximum Gasteiger partial charge on any atom is 0.304 e. The van der Waals surface area contributed by atoms with E-state index in [0.717, 1.165) is 12.1 Å². The zero-order valence-corrected chi connectivity index (χ0v) is 10.9. The highest BCUT2D eigenvalue weighted by atomic mass is 79.9. The normalized spacial score (nSPS) is 10.2. The predicted molar refractivity (Wildman–Crippen MR) is 69.5 cm³/mol. The zero-order chi connectivity index (χ0) is 14.0. The second-order valence-corrected chi connectivity index (χ2v) is 4.52. The Morgan fingerprint density at radius 2 is 2.16 bits per heavy atom. The second-order valence-electron chi connectivity index (χ2n) is 3.61. The molecule has 0 radical (unpaired) electrons. The molecule has 0 saturated carbocycles. The van der Waals surface area contributed by atoms with E-state index >= 15 is 0 Å². The Balaban J connectivity index is 2.18.